The Morgan fingerprint density at radius 3 is 2.95 bits per heavy atom. The summed E-state index contributed by atoms with van der Waals surface area (Å²) in [6.07, 6.45) is 1.15. The fraction of sp³-hybridized carbons (Fsp3) is 0.562. The molecule has 0 aliphatic carbocycles. The molecule has 3 N–H and O–H groups in total. The van der Waals surface area contributed by atoms with Gasteiger partial charge in [-0.3, -0.25) is 0 Å². The SMILES string of the molecule is COc1cc2c(cc1CN=C(N)NCC(C)C)OC(C)C2. The third-order valence-corrected chi connectivity index (χ3v) is 3.41. The van der Waals surface area contributed by atoms with Crippen LogP contribution in [0.15, 0.2) is 17.1 Å². The van der Waals surface area contributed by atoms with Gasteiger partial charge in [-0.15, -0.1) is 0 Å². The number of nitrogens with two attached hydrogens (primary N) is 1. The van der Waals surface area contributed by atoms with Gasteiger partial charge in [0.25, 0.3) is 0 Å². The first-order valence-corrected chi connectivity index (χ1v) is 7.39. The summed E-state index contributed by atoms with van der Waals surface area (Å²) in [7, 11) is 1.68. The Kier molecular flexibility index (Phi) is 4.94. The highest BCUT2D eigenvalue weighted by Gasteiger charge is 2.21. The summed E-state index contributed by atoms with van der Waals surface area (Å²) in [6.45, 7) is 7.62. The van der Waals surface area contributed by atoms with Crippen molar-refractivity contribution in [1.29, 1.82) is 0 Å². The Bertz CT molecular complexity index is 526. The van der Waals surface area contributed by atoms with Crippen LogP contribution in [-0.4, -0.2) is 25.7 Å². The van der Waals surface area contributed by atoms with E-state index in [-0.39, 0.29) is 6.10 Å². The Morgan fingerprint density at radius 2 is 2.29 bits per heavy atom. The molecule has 21 heavy (non-hydrogen) atoms. The second-order valence-corrected chi connectivity index (χ2v) is 5.88. The van der Waals surface area contributed by atoms with Gasteiger partial charge in [-0.2, -0.15) is 0 Å². The van der Waals surface area contributed by atoms with Crippen molar-refractivity contribution in [1.82, 2.24) is 5.32 Å². The van der Waals surface area contributed by atoms with Gasteiger partial charge < -0.3 is 20.5 Å². The van der Waals surface area contributed by atoms with Crippen molar-refractivity contribution in [2.75, 3.05) is 13.7 Å². The van der Waals surface area contributed by atoms with Gasteiger partial charge in [0, 0.05) is 24.1 Å². The van der Waals surface area contributed by atoms with Crippen LogP contribution in [0.5, 0.6) is 11.5 Å². The van der Waals surface area contributed by atoms with Crippen molar-refractivity contribution in [3.05, 3.63) is 23.3 Å². The van der Waals surface area contributed by atoms with Gasteiger partial charge in [0.15, 0.2) is 5.96 Å². The minimum Gasteiger partial charge on any atom is -0.496 e. The lowest BCUT2D eigenvalue weighted by Crippen LogP contribution is -2.34. The summed E-state index contributed by atoms with van der Waals surface area (Å²) in [5, 5.41) is 3.10. The molecule has 116 valence electrons. The van der Waals surface area contributed by atoms with Gasteiger partial charge in [0.05, 0.1) is 13.7 Å². The maximum absolute atomic E-state index is 5.86. The number of hydrogen-bond donors (Lipinski definition) is 2. The number of fused-ring (bicyclic) bond motifs is 1. The summed E-state index contributed by atoms with van der Waals surface area (Å²) in [6, 6.07) is 4.05. The van der Waals surface area contributed by atoms with Gasteiger partial charge in [-0.25, -0.2) is 4.99 Å². The molecule has 5 nitrogen and oxygen atoms in total. The fourth-order valence-electron chi connectivity index (χ4n) is 2.33. The predicted molar refractivity (Wildman–Crippen MR) is 85.0 cm³/mol. The number of nitrogens with zero attached hydrogens (tertiary/aromatic N) is 1. The second-order valence-electron chi connectivity index (χ2n) is 5.88. The maximum Gasteiger partial charge on any atom is 0.188 e. The van der Waals surface area contributed by atoms with Crippen LogP contribution in [0.4, 0.5) is 0 Å². The zero-order chi connectivity index (χ0) is 15.4. The van der Waals surface area contributed by atoms with Crippen LogP contribution in [0.2, 0.25) is 0 Å². The van der Waals surface area contributed by atoms with E-state index in [1.807, 2.05) is 12.1 Å². The minimum absolute atomic E-state index is 0.223. The van der Waals surface area contributed by atoms with Gasteiger partial charge in [-0.05, 0) is 25.0 Å². The van der Waals surface area contributed by atoms with E-state index in [1.165, 1.54) is 5.56 Å². The van der Waals surface area contributed by atoms with E-state index in [0.29, 0.717) is 18.4 Å². The first kappa shape index (κ1) is 15.5. The molecule has 1 atom stereocenters. The number of guanidine groups is 1. The first-order chi connectivity index (χ1) is 9.99. The zero-order valence-corrected chi connectivity index (χ0v) is 13.3. The molecular formula is C16H25N3O2. The van der Waals surface area contributed by atoms with Crippen LogP contribution in [0, 0.1) is 5.92 Å². The van der Waals surface area contributed by atoms with Crippen molar-refractivity contribution >= 4 is 5.96 Å². The Labute approximate surface area is 126 Å². The van der Waals surface area contributed by atoms with E-state index in [0.717, 1.165) is 30.0 Å². The number of methoxy groups -OCH3 is 1. The van der Waals surface area contributed by atoms with Crippen LogP contribution in [-0.2, 0) is 13.0 Å². The van der Waals surface area contributed by atoms with Crippen molar-refractivity contribution in [3.63, 3.8) is 0 Å². The van der Waals surface area contributed by atoms with Crippen LogP contribution in [0.3, 0.4) is 0 Å². The largest absolute Gasteiger partial charge is 0.496 e. The number of aliphatic imine (C=N–C) groups is 1. The van der Waals surface area contributed by atoms with Crippen molar-refractivity contribution in [2.24, 2.45) is 16.6 Å². The molecule has 0 saturated heterocycles. The van der Waals surface area contributed by atoms with Crippen LogP contribution < -0.4 is 20.5 Å². The zero-order valence-electron chi connectivity index (χ0n) is 13.3. The molecular weight excluding hydrogens is 266 g/mol. The molecule has 1 unspecified atom stereocenters. The molecule has 1 aliphatic heterocycles. The van der Waals surface area contributed by atoms with Crippen molar-refractivity contribution < 1.29 is 9.47 Å². The Hall–Kier alpha value is -1.91. The lowest BCUT2D eigenvalue weighted by molar-refractivity contribution is 0.254. The number of nitrogens with one attached hydrogen (secondary N) is 1. The number of rotatable bonds is 5. The van der Waals surface area contributed by atoms with E-state index in [9.17, 15) is 0 Å². The summed E-state index contributed by atoms with van der Waals surface area (Å²) >= 11 is 0. The van der Waals surface area contributed by atoms with Gasteiger partial charge in [0.2, 0.25) is 0 Å². The molecule has 0 spiro atoms. The second kappa shape index (κ2) is 6.70. The molecule has 5 heteroatoms. The van der Waals surface area contributed by atoms with E-state index < -0.39 is 0 Å². The molecule has 1 aliphatic rings. The monoisotopic (exact) mass is 291 g/mol. The average Bonchev–Trinajstić information content (AvgIpc) is 2.80. The molecule has 2 rings (SSSR count). The molecule has 1 heterocycles. The van der Waals surface area contributed by atoms with Gasteiger partial charge >= 0.3 is 0 Å². The number of ether oxygens (including phenoxy) is 2. The topological polar surface area (TPSA) is 68.9 Å². The summed E-state index contributed by atoms with van der Waals surface area (Å²) in [4.78, 5) is 4.37. The van der Waals surface area contributed by atoms with Crippen molar-refractivity contribution in [3.8, 4) is 11.5 Å². The number of benzene rings is 1. The first-order valence-electron chi connectivity index (χ1n) is 7.39. The number of hydrogen-bond acceptors (Lipinski definition) is 3. The molecule has 1 aromatic rings. The molecule has 0 aromatic heterocycles. The summed E-state index contributed by atoms with van der Waals surface area (Å²) < 4.78 is 11.2. The van der Waals surface area contributed by atoms with Crippen LogP contribution in [0.25, 0.3) is 0 Å². The minimum atomic E-state index is 0.223. The quantitative estimate of drug-likeness (QED) is 0.644. The third kappa shape index (κ3) is 4.03. The van der Waals surface area contributed by atoms with E-state index in [4.69, 9.17) is 15.2 Å². The fourth-order valence-corrected chi connectivity index (χ4v) is 2.33. The highest BCUT2D eigenvalue weighted by atomic mass is 16.5. The predicted octanol–water partition coefficient (Wildman–Crippen LogP) is 2.08. The molecule has 0 amide bonds. The normalized spacial score (nSPS) is 17.6. The third-order valence-electron chi connectivity index (χ3n) is 3.41. The lowest BCUT2D eigenvalue weighted by Gasteiger charge is -2.11. The molecule has 1 aromatic carbocycles. The highest BCUT2D eigenvalue weighted by Crippen LogP contribution is 2.35. The maximum atomic E-state index is 5.86. The Morgan fingerprint density at radius 1 is 1.52 bits per heavy atom. The van der Waals surface area contributed by atoms with E-state index in [2.05, 4.69) is 31.1 Å². The molecule has 0 bridgehead atoms. The Balaban J connectivity index is 2.09. The van der Waals surface area contributed by atoms with Crippen LogP contribution >= 0.6 is 0 Å². The van der Waals surface area contributed by atoms with E-state index >= 15 is 0 Å². The lowest BCUT2D eigenvalue weighted by atomic mass is 10.1. The standard InChI is InChI=1S/C16H25N3O2/c1-10(2)8-18-16(17)19-9-13-7-15-12(5-11(3)21-15)6-14(13)20-4/h6-7,10-11H,5,8-9H2,1-4H3,(H3,17,18,19). The van der Waals surface area contributed by atoms with Gasteiger partial charge in [0.1, 0.15) is 17.6 Å². The molecule has 0 radical (unpaired) electrons. The molecule has 0 fully saturated rings. The van der Waals surface area contributed by atoms with Crippen molar-refractivity contribution in [2.45, 2.75) is 39.8 Å². The van der Waals surface area contributed by atoms with E-state index in [1.54, 1.807) is 7.11 Å². The summed E-state index contributed by atoms with van der Waals surface area (Å²) in [5.41, 5.74) is 8.04. The smallest absolute Gasteiger partial charge is 0.188 e. The van der Waals surface area contributed by atoms with Crippen LogP contribution in [0.1, 0.15) is 31.9 Å². The molecule has 0 saturated carbocycles. The van der Waals surface area contributed by atoms with Gasteiger partial charge in [-0.1, -0.05) is 13.8 Å². The summed E-state index contributed by atoms with van der Waals surface area (Å²) in [5.74, 6) is 2.76. The highest BCUT2D eigenvalue weighted by molar-refractivity contribution is 5.77. The average molecular weight is 291 g/mol.